The Hall–Kier alpha value is -2.55. The van der Waals surface area contributed by atoms with Crippen LogP contribution >= 0.6 is 0 Å². The molecule has 9 heteroatoms. The molecule has 5 nitrogen and oxygen atoms in total. The Morgan fingerprint density at radius 2 is 1.75 bits per heavy atom. The molecular weight excluding hydrogens is 395 g/mol. The van der Waals surface area contributed by atoms with Crippen LogP contribution in [0, 0.1) is 0 Å². The van der Waals surface area contributed by atoms with Gasteiger partial charge < -0.3 is 9.08 Å². The van der Waals surface area contributed by atoms with Gasteiger partial charge in [-0.15, -0.1) is 0 Å². The first-order valence-corrected chi connectivity index (χ1v) is 10.1. The third-order valence-corrected chi connectivity index (χ3v) is 4.32. The summed E-state index contributed by atoms with van der Waals surface area (Å²) < 4.78 is 66.2. The van der Waals surface area contributed by atoms with Gasteiger partial charge in [-0.3, -0.25) is 4.79 Å². The van der Waals surface area contributed by atoms with Crippen LogP contribution in [-0.4, -0.2) is 31.5 Å². The average Bonchev–Trinajstić information content (AvgIpc) is 2.57. The number of hydrogen-bond donors (Lipinski definition) is 0. The van der Waals surface area contributed by atoms with E-state index in [0.29, 0.717) is 5.56 Å². The highest BCUT2D eigenvalue weighted by molar-refractivity contribution is 7.86. The maximum atomic E-state index is 12.9. The second-order valence-electron chi connectivity index (χ2n) is 6.54. The van der Waals surface area contributed by atoms with Crippen LogP contribution in [0.2, 0.25) is 0 Å². The first-order chi connectivity index (χ1) is 12.9. The van der Waals surface area contributed by atoms with Crippen molar-refractivity contribution in [2.24, 2.45) is 0 Å². The third kappa shape index (κ3) is 5.98. The Morgan fingerprint density at radius 3 is 2.32 bits per heavy atom. The molecule has 28 heavy (non-hydrogen) atoms. The molecule has 152 valence electrons. The molecule has 2 aromatic carbocycles. The van der Waals surface area contributed by atoms with Gasteiger partial charge in [-0.2, -0.15) is 21.6 Å². The predicted molar refractivity (Wildman–Crippen MR) is 98.4 cm³/mol. The molecule has 1 amide bonds. The molecular formula is C19H20F3NO4S. The SMILES string of the molecule is CC(C)N(Cc1cccc(OS(C)(=O)=O)c1)C(=O)c1cccc(C(F)(F)F)c1. The number of halogens is 3. The lowest BCUT2D eigenvalue weighted by atomic mass is 10.1. The lowest BCUT2D eigenvalue weighted by Gasteiger charge is -2.27. The van der Waals surface area contributed by atoms with Crippen molar-refractivity contribution in [1.82, 2.24) is 4.90 Å². The number of hydrogen-bond acceptors (Lipinski definition) is 4. The lowest BCUT2D eigenvalue weighted by molar-refractivity contribution is -0.137. The summed E-state index contributed by atoms with van der Waals surface area (Å²) in [6, 6.07) is 10.1. The highest BCUT2D eigenvalue weighted by atomic mass is 32.2. The highest BCUT2D eigenvalue weighted by Gasteiger charge is 2.31. The molecule has 0 atom stereocenters. The maximum Gasteiger partial charge on any atom is 0.416 e. The Labute approximate surface area is 161 Å². The molecule has 0 spiro atoms. The van der Waals surface area contributed by atoms with Crippen LogP contribution in [0.25, 0.3) is 0 Å². The minimum absolute atomic E-state index is 0.0768. The van der Waals surface area contributed by atoms with Gasteiger partial charge in [0.1, 0.15) is 5.75 Å². The molecule has 0 aliphatic carbocycles. The molecule has 0 bridgehead atoms. The van der Waals surface area contributed by atoms with Gasteiger partial charge in [-0.25, -0.2) is 0 Å². The van der Waals surface area contributed by atoms with E-state index in [-0.39, 0.29) is 23.9 Å². The second kappa shape index (κ2) is 8.22. The summed E-state index contributed by atoms with van der Waals surface area (Å²) in [5.41, 5.74) is -0.396. The van der Waals surface area contributed by atoms with Crippen molar-refractivity contribution in [3.8, 4) is 5.75 Å². The Bertz CT molecular complexity index is 956. The molecule has 0 heterocycles. The molecule has 2 aromatic rings. The van der Waals surface area contributed by atoms with Gasteiger partial charge in [0.15, 0.2) is 0 Å². The van der Waals surface area contributed by atoms with E-state index < -0.39 is 27.8 Å². The second-order valence-corrected chi connectivity index (χ2v) is 8.12. The van der Waals surface area contributed by atoms with Crippen LogP contribution in [0.1, 0.15) is 35.3 Å². The van der Waals surface area contributed by atoms with E-state index in [1.54, 1.807) is 26.0 Å². The van der Waals surface area contributed by atoms with Crippen molar-refractivity contribution in [3.63, 3.8) is 0 Å². The quantitative estimate of drug-likeness (QED) is 0.667. The fraction of sp³-hybridized carbons (Fsp3) is 0.316. The number of rotatable bonds is 6. The number of carbonyl (C=O) groups excluding carboxylic acids is 1. The van der Waals surface area contributed by atoms with E-state index in [1.807, 2.05) is 0 Å². The summed E-state index contributed by atoms with van der Waals surface area (Å²) in [5, 5.41) is 0. The summed E-state index contributed by atoms with van der Waals surface area (Å²) in [7, 11) is -3.70. The van der Waals surface area contributed by atoms with Gasteiger partial charge in [-0.1, -0.05) is 18.2 Å². The van der Waals surface area contributed by atoms with Gasteiger partial charge in [0.2, 0.25) is 0 Å². The van der Waals surface area contributed by atoms with Crippen molar-refractivity contribution >= 4 is 16.0 Å². The first kappa shape index (κ1) is 21.7. The first-order valence-electron chi connectivity index (χ1n) is 8.33. The van der Waals surface area contributed by atoms with Crippen molar-refractivity contribution in [3.05, 3.63) is 65.2 Å². The van der Waals surface area contributed by atoms with E-state index in [2.05, 4.69) is 0 Å². The van der Waals surface area contributed by atoms with E-state index in [4.69, 9.17) is 4.18 Å². The zero-order valence-electron chi connectivity index (χ0n) is 15.5. The molecule has 0 unspecified atom stereocenters. The zero-order chi connectivity index (χ0) is 21.1. The highest BCUT2D eigenvalue weighted by Crippen LogP contribution is 2.30. The average molecular weight is 415 g/mol. The molecule has 0 saturated carbocycles. The van der Waals surface area contributed by atoms with Gasteiger partial charge in [0.05, 0.1) is 11.8 Å². The van der Waals surface area contributed by atoms with Crippen LogP contribution in [0.3, 0.4) is 0 Å². The van der Waals surface area contributed by atoms with E-state index in [0.717, 1.165) is 18.4 Å². The zero-order valence-corrected chi connectivity index (χ0v) is 16.3. The van der Waals surface area contributed by atoms with Gasteiger partial charge in [0, 0.05) is 18.2 Å². The number of nitrogens with zero attached hydrogens (tertiary/aromatic N) is 1. The predicted octanol–water partition coefficient (Wildman–Crippen LogP) is 4.09. The van der Waals surface area contributed by atoms with Gasteiger partial charge in [-0.05, 0) is 49.7 Å². The summed E-state index contributed by atoms with van der Waals surface area (Å²) >= 11 is 0. The number of carbonyl (C=O) groups is 1. The van der Waals surface area contributed by atoms with Crippen molar-refractivity contribution in [2.45, 2.75) is 32.6 Å². The van der Waals surface area contributed by atoms with Crippen LogP contribution in [0.4, 0.5) is 13.2 Å². The van der Waals surface area contributed by atoms with Gasteiger partial charge >= 0.3 is 16.3 Å². The summed E-state index contributed by atoms with van der Waals surface area (Å²) in [5.74, 6) is -0.467. The monoisotopic (exact) mass is 415 g/mol. The number of benzene rings is 2. The summed E-state index contributed by atoms with van der Waals surface area (Å²) in [4.78, 5) is 14.2. The minimum atomic E-state index is -4.55. The minimum Gasteiger partial charge on any atom is -0.383 e. The summed E-state index contributed by atoms with van der Waals surface area (Å²) in [6.07, 6.45) is -3.63. The van der Waals surface area contributed by atoms with Crippen LogP contribution in [0.5, 0.6) is 5.75 Å². The lowest BCUT2D eigenvalue weighted by Crippen LogP contribution is -2.36. The molecule has 2 rings (SSSR count). The fourth-order valence-corrected chi connectivity index (χ4v) is 3.00. The van der Waals surface area contributed by atoms with E-state index in [9.17, 15) is 26.4 Å². The molecule has 0 radical (unpaired) electrons. The molecule has 0 aliphatic heterocycles. The van der Waals surface area contributed by atoms with Crippen LogP contribution in [0.15, 0.2) is 48.5 Å². The number of amides is 1. The van der Waals surface area contributed by atoms with E-state index in [1.165, 1.54) is 29.2 Å². The molecule has 0 aromatic heterocycles. The smallest absolute Gasteiger partial charge is 0.383 e. The van der Waals surface area contributed by atoms with Crippen molar-refractivity contribution < 1.29 is 30.6 Å². The van der Waals surface area contributed by atoms with Crippen molar-refractivity contribution in [1.29, 1.82) is 0 Å². The van der Waals surface area contributed by atoms with Crippen LogP contribution in [-0.2, 0) is 22.8 Å². The standard InChI is InChI=1S/C19H20F3NO4S/c1-13(2)23(12-14-6-4-9-17(10-14)27-28(3,25)26)18(24)15-7-5-8-16(11-15)19(20,21)22/h4-11,13H,12H2,1-3H3. The third-order valence-electron chi connectivity index (χ3n) is 3.82. The van der Waals surface area contributed by atoms with Crippen molar-refractivity contribution in [2.75, 3.05) is 6.26 Å². The van der Waals surface area contributed by atoms with Crippen LogP contribution < -0.4 is 4.18 Å². The fourth-order valence-electron chi connectivity index (χ4n) is 2.55. The van der Waals surface area contributed by atoms with Gasteiger partial charge in [0.25, 0.3) is 5.91 Å². The normalized spacial score (nSPS) is 12.1. The molecule has 0 saturated heterocycles. The number of alkyl halides is 3. The molecule has 0 N–H and O–H groups in total. The molecule has 0 fully saturated rings. The Balaban J connectivity index is 2.29. The molecule has 0 aliphatic rings. The largest absolute Gasteiger partial charge is 0.416 e. The maximum absolute atomic E-state index is 12.9. The topological polar surface area (TPSA) is 63.7 Å². The van der Waals surface area contributed by atoms with E-state index >= 15 is 0 Å². The Morgan fingerprint density at radius 1 is 1.11 bits per heavy atom. The summed E-state index contributed by atoms with van der Waals surface area (Å²) in [6.45, 7) is 3.55. The Kier molecular flexibility index (Phi) is 6.38.